The maximum atomic E-state index is 12.6. The van der Waals surface area contributed by atoms with Gasteiger partial charge >= 0.3 is 5.97 Å². The number of hydrogen-bond acceptors (Lipinski definition) is 5. The highest BCUT2D eigenvalue weighted by Crippen LogP contribution is 2.50. The lowest BCUT2D eigenvalue weighted by molar-refractivity contribution is -0.150. The van der Waals surface area contributed by atoms with Crippen LogP contribution in [0.25, 0.3) is 0 Å². The number of ether oxygens (including phenoxy) is 1. The first-order chi connectivity index (χ1) is 9.87. The molecule has 1 aromatic rings. The smallest absolute Gasteiger partial charge is 0.332 e. The van der Waals surface area contributed by atoms with E-state index in [0.29, 0.717) is 11.6 Å². The number of nitrogens with zero attached hydrogens (tertiary/aromatic N) is 1. The molecular weight excluding hydrogens is 286 g/mol. The van der Waals surface area contributed by atoms with Crippen LogP contribution in [-0.4, -0.2) is 39.4 Å². The number of carbonyl (C=O) groups is 1. The summed E-state index contributed by atoms with van der Waals surface area (Å²) in [6.07, 6.45) is -1.16. The zero-order chi connectivity index (χ0) is 15.3. The van der Waals surface area contributed by atoms with E-state index >= 15 is 0 Å². The lowest BCUT2D eigenvalue weighted by Gasteiger charge is -2.36. The Morgan fingerprint density at radius 1 is 1.38 bits per heavy atom. The van der Waals surface area contributed by atoms with Crippen LogP contribution in [0.15, 0.2) is 30.3 Å². The number of aliphatic hydroxyl groups is 1. The van der Waals surface area contributed by atoms with E-state index in [1.54, 1.807) is 11.8 Å². The van der Waals surface area contributed by atoms with E-state index in [4.69, 9.17) is 4.74 Å². The zero-order valence-electron chi connectivity index (χ0n) is 12.6. The Morgan fingerprint density at radius 3 is 2.67 bits per heavy atom. The minimum atomic E-state index is -0.954. The summed E-state index contributed by atoms with van der Waals surface area (Å²) >= 11 is 1.68. The van der Waals surface area contributed by atoms with Crippen LogP contribution in [-0.2, 0) is 9.53 Å². The molecule has 1 aromatic carbocycles. The first kappa shape index (κ1) is 14.9. The monoisotopic (exact) mass is 307 g/mol. The molecule has 0 radical (unpaired) electrons. The number of esters is 1. The molecule has 21 heavy (non-hydrogen) atoms. The van der Waals surface area contributed by atoms with Gasteiger partial charge in [-0.15, -0.1) is 11.8 Å². The van der Waals surface area contributed by atoms with Gasteiger partial charge in [-0.2, -0.15) is 0 Å². The number of fused-ring (bicyclic) bond motifs is 1. The SMILES string of the molecule is CC(C)(C)C1OC(=O)C2(C(O)c3ccccc3)CSCN12. The maximum absolute atomic E-state index is 12.6. The van der Waals surface area contributed by atoms with E-state index in [1.807, 2.05) is 35.2 Å². The molecular formula is C16H21NO3S. The second-order valence-corrected chi connectivity index (χ2v) is 7.76. The molecule has 0 aliphatic carbocycles. The Morgan fingerprint density at radius 2 is 2.05 bits per heavy atom. The third-order valence-electron chi connectivity index (χ3n) is 4.23. The summed E-state index contributed by atoms with van der Waals surface area (Å²) in [7, 11) is 0. The summed E-state index contributed by atoms with van der Waals surface area (Å²) < 4.78 is 5.65. The van der Waals surface area contributed by atoms with Crippen LogP contribution in [0.3, 0.4) is 0 Å². The number of carbonyl (C=O) groups excluding carboxylic acids is 1. The van der Waals surface area contributed by atoms with Crippen molar-refractivity contribution in [3.63, 3.8) is 0 Å². The fourth-order valence-corrected chi connectivity index (χ4v) is 4.53. The topological polar surface area (TPSA) is 49.8 Å². The third-order valence-corrected chi connectivity index (χ3v) is 5.33. The van der Waals surface area contributed by atoms with Crippen molar-refractivity contribution < 1.29 is 14.6 Å². The lowest BCUT2D eigenvalue weighted by atomic mass is 9.86. The van der Waals surface area contributed by atoms with Crippen molar-refractivity contribution in [1.29, 1.82) is 0 Å². The molecule has 2 heterocycles. The summed E-state index contributed by atoms with van der Waals surface area (Å²) in [5, 5.41) is 10.9. The van der Waals surface area contributed by atoms with Crippen molar-refractivity contribution in [1.82, 2.24) is 4.90 Å². The quantitative estimate of drug-likeness (QED) is 0.850. The number of aliphatic hydroxyl groups excluding tert-OH is 1. The van der Waals surface area contributed by atoms with Crippen molar-refractivity contribution in [3.8, 4) is 0 Å². The van der Waals surface area contributed by atoms with Gasteiger partial charge in [-0.25, -0.2) is 9.69 Å². The number of thioether (sulfide) groups is 1. The first-order valence-corrected chi connectivity index (χ1v) is 8.31. The highest BCUT2D eigenvalue weighted by molar-refractivity contribution is 7.99. The predicted octanol–water partition coefficient (Wildman–Crippen LogP) is 2.39. The van der Waals surface area contributed by atoms with Crippen molar-refractivity contribution in [2.45, 2.75) is 38.6 Å². The van der Waals surface area contributed by atoms with Crippen LogP contribution in [0.1, 0.15) is 32.4 Å². The fraction of sp³-hybridized carbons (Fsp3) is 0.562. The van der Waals surface area contributed by atoms with E-state index in [1.165, 1.54) is 0 Å². The molecule has 0 aromatic heterocycles. The molecule has 0 amide bonds. The lowest BCUT2D eigenvalue weighted by Crippen LogP contribution is -2.54. The van der Waals surface area contributed by atoms with Gasteiger partial charge in [0.15, 0.2) is 11.8 Å². The Labute approximate surface area is 129 Å². The average Bonchev–Trinajstić information content (AvgIpc) is 2.98. The van der Waals surface area contributed by atoms with E-state index in [2.05, 4.69) is 20.8 Å². The maximum Gasteiger partial charge on any atom is 0.332 e. The van der Waals surface area contributed by atoms with Gasteiger partial charge in [-0.05, 0) is 5.56 Å². The molecule has 3 atom stereocenters. The number of rotatable bonds is 2. The molecule has 1 N–H and O–H groups in total. The zero-order valence-corrected chi connectivity index (χ0v) is 13.4. The molecule has 2 aliphatic rings. The largest absolute Gasteiger partial charge is 0.444 e. The molecule has 2 aliphatic heterocycles. The highest BCUT2D eigenvalue weighted by atomic mass is 32.2. The molecule has 3 unspecified atom stereocenters. The minimum Gasteiger partial charge on any atom is -0.444 e. The number of benzene rings is 1. The summed E-state index contributed by atoms with van der Waals surface area (Å²) in [6, 6.07) is 9.38. The van der Waals surface area contributed by atoms with Crippen LogP contribution >= 0.6 is 11.8 Å². The van der Waals surface area contributed by atoms with E-state index in [-0.39, 0.29) is 17.6 Å². The predicted molar refractivity (Wildman–Crippen MR) is 82.6 cm³/mol. The van der Waals surface area contributed by atoms with Crippen molar-refractivity contribution in [2.75, 3.05) is 11.6 Å². The van der Waals surface area contributed by atoms with Gasteiger partial charge in [0.25, 0.3) is 0 Å². The van der Waals surface area contributed by atoms with Gasteiger partial charge in [-0.1, -0.05) is 51.1 Å². The summed E-state index contributed by atoms with van der Waals surface area (Å²) in [6.45, 7) is 6.16. The summed E-state index contributed by atoms with van der Waals surface area (Å²) in [4.78, 5) is 14.7. The molecule has 0 spiro atoms. The Kier molecular flexibility index (Phi) is 3.55. The standard InChI is InChI=1S/C16H21NO3S/c1-15(2,3)13-17-10-21-9-16(17,14(19)20-13)12(18)11-7-5-4-6-8-11/h4-8,12-13,18H,9-10H2,1-3H3. The van der Waals surface area contributed by atoms with Gasteiger partial charge in [-0.3, -0.25) is 0 Å². The third kappa shape index (κ3) is 2.18. The molecule has 5 heteroatoms. The Hall–Kier alpha value is -1.04. The molecule has 2 fully saturated rings. The molecule has 3 rings (SSSR count). The molecule has 2 saturated heterocycles. The molecule has 114 valence electrons. The van der Waals surface area contributed by atoms with Crippen molar-refractivity contribution in [3.05, 3.63) is 35.9 Å². The Balaban J connectivity index is 2.01. The van der Waals surface area contributed by atoms with Crippen LogP contribution in [0.2, 0.25) is 0 Å². The summed E-state index contributed by atoms with van der Waals surface area (Å²) in [5.74, 6) is 0.968. The minimum absolute atomic E-state index is 0.182. The Bertz CT molecular complexity index is 542. The fourth-order valence-electron chi connectivity index (χ4n) is 3.12. The van der Waals surface area contributed by atoms with Crippen LogP contribution in [0.5, 0.6) is 0 Å². The molecule has 0 bridgehead atoms. The second-order valence-electron chi connectivity index (χ2n) is 6.81. The van der Waals surface area contributed by atoms with Gasteiger partial charge in [0.1, 0.15) is 6.10 Å². The van der Waals surface area contributed by atoms with Crippen LogP contribution < -0.4 is 0 Å². The van der Waals surface area contributed by atoms with Gasteiger partial charge in [0.2, 0.25) is 0 Å². The van der Waals surface area contributed by atoms with Crippen LogP contribution in [0.4, 0.5) is 0 Å². The second kappa shape index (κ2) is 5.00. The summed E-state index contributed by atoms with van der Waals surface area (Å²) in [5.41, 5.74) is -0.376. The van der Waals surface area contributed by atoms with Crippen molar-refractivity contribution in [2.24, 2.45) is 5.41 Å². The van der Waals surface area contributed by atoms with Gasteiger partial charge in [0, 0.05) is 17.0 Å². The molecule has 0 saturated carbocycles. The highest BCUT2D eigenvalue weighted by Gasteiger charge is 2.64. The number of cyclic esters (lactones) is 1. The van der Waals surface area contributed by atoms with E-state index in [9.17, 15) is 9.90 Å². The molecule has 4 nitrogen and oxygen atoms in total. The van der Waals surface area contributed by atoms with Crippen molar-refractivity contribution >= 4 is 17.7 Å². The normalized spacial score (nSPS) is 31.0. The van der Waals surface area contributed by atoms with Gasteiger partial charge < -0.3 is 9.84 Å². The van der Waals surface area contributed by atoms with Gasteiger partial charge in [0.05, 0.1) is 0 Å². The number of hydrogen-bond donors (Lipinski definition) is 1. The average molecular weight is 307 g/mol. The van der Waals surface area contributed by atoms with E-state index in [0.717, 1.165) is 5.56 Å². The first-order valence-electron chi connectivity index (χ1n) is 7.16. The van der Waals surface area contributed by atoms with E-state index < -0.39 is 11.6 Å². The van der Waals surface area contributed by atoms with Crippen LogP contribution in [0, 0.1) is 5.41 Å².